The zero-order chi connectivity index (χ0) is 13.8. The van der Waals surface area contributed by atoms with Gasteiger partial charge in [-0.15, -0.1) is 0 Å². The van der Waals surface area contributed by atoms with E-state index in [0.717, 1.165) is 15.7 Å². The molecule has 0 aliphatic carbocycles. The van der Waals surface area contributed by atoms with Crippen LogP contribution in [0.25, 0.3) is 0 Å². The van der Waals surface area contributed by atoms with E-state index < -0.39 is 0 Å². The Bertz CT molecular complexity index is 614. The van der Waals surface area contributed by atoms with E-state index in [9.17, 15) is 4.79 Å². The Labute approximate surface area is 119 Å². The monoisotopic (exact) mass is 320 g/mol. The van der Waals surface area contributed by atoms with E-state index in [0.29, 0.717) is 11.3 Å². The maximum absolute atomic E-state index is 12.1. The summed E-state index contributed by atoms with van der Waals surface area (Å²) in [6, 6.07) is 7.26. The Balaban J connectivity index is 2.23. The van der Waals surface area contributed by atoms with Crippen LogP contribution in [0, 0.1) is 6.92 Å². The molecule has 0 saturated carbocycles. The Hall–Kier alpha value is -1.88. The molecule has 0 aliphatic heterocycles. The zero-order valence-corrected chi connectivity index (χ0v) is 12.2. The standard InChI is InChI=1S/C14H13BrN2O2/c1-9-3-4-12(19-2)6-13(9)17-14(18)10-5-11(15)8-16-7-10/h3-8H,1-2H3,(H,17,18). The number of amides is 1. The molecule has 0 atom stereocenters. The molecule has 0 spiro atoms. The minimum Gasteiger partial charge on any atom is -0.497 e. The second-order valence-electron chi connectivity index (χ2n) is 4.03. The highest BCUT2D eigenvalue weighted by atomic mass is 79.9. The van der Waals surface area contributed by atoms with Crippen LogP contribution in [0.3, 0.4) is 0 Å². The summed E-state index contributed by atoms with van der Waals surface area (Å²) in [7, 11) is 1.59. The van der Waals surface area contributed by atoms with Crippen molar-refractivity contribution >= 4 is 27.5 Å². The largest absolute Gasteiger partial charge is 0.497 e. The van der Waals surface area contributed by atoms with Crippen LogP contribution >= 0.6 is 15.9 Å². The summed E-state index contributed by atoms with van der Waals surface area (Å²) >= 11 is 3.29. The highest BCUT2D eigenvalue weighted by Gasteiger charge is 2.09. The molecule has 98 valence electrons. The van der Waals surface area contributed by atoms with Crippen LogP contribution < -0.4 is 10.1 Å². The Kier molecular flexibility index (Phi) is 4.16. The molecule has 0 bridgehead atoms. The molecule has 0 aliphatic rings. The van der Waals surface area contributed by atoms with Crippen molar-refractivity contribution in [1.29, 1.82) is 0 Å². The van der Waals surface area contributed by atoms with Crippen LogP contribution in [0.1, 0.15) is 15.9 Å². The van der Waals surface area contributed by atoms with Crippen LogP contribution in [0.15, 0.2) is 41.1 Å². The van der Waals surface area contributed by atoms with Gasteiger partial charge in [0.25, 0.3) is 5.91 Å². The molecule has 0 saturated heterocycles. The number of pyridine rings is 1. The van der Waals surface area contributed by atoms with Gasteiger partial charge in [0.05, 0.1) is 12.7 Å². The van der Waals surface area contributed by atoms with Crippen molar-refractivity contribution in [3.8, 4) is 5.75 Å². The molecular formula is C14H13BrN2O2. The molecule has 2 aromatic rings. The fraction of sp³-hybridized carbons (Fsp3) is 0.143. The molecular weight excluding hydrogens is 308 g/mol. The van der Waals surface area contributed by atoms with Crippen LogP contribution in [0.5, 0.6) is 5.75 Å². The van der Waals surface area contributed by atoms with Gasteiger partial charge in [-0.25, -0.2) is 0 Å². The average molecular weight is 321 g/mol. The number of halogens is 1. The molecule has 4 nitrogen and oxygen atoms in total. The number of methoxy groups -OCH3 is 1. The molecule has 0 unspecified atom stereocenters. The number of ether oxygens (including phenoxy) is 1. The van der Waals surface area contributed by atoms with Crippen molar-refractivity contribution in [2.24, 2.45) is 0 Å². The fourth-order valence-electron chi connectivity index (χ4n) is 1.59. The molecule has 0 radical (unpaired) electrons. The topological polar surface area (TPSA) is 51.2 Å². The third-order valence-electron chi connectivity index (χ3n) is 2.66. The van der Waals surface area contributed by atoms with E-state index in [2.05, 4.69) is 26.2 Å². The van der Waals surface area contributed by atoms with Crippen LogP contribution in [-0.4, -0.2) is 18.0 Å². The summed E-state index contributed by atoms with van der Waals surface area (Å²) in [5.41, 5.74) is 2.19. The minimum absolute atomic E-state index is 0.204. The van der Waals surface area contributed by atoms with Gasteiger partial charge in [-0.2, -0.15) is 0 Å². The summed E-state index contributed by atoms with van der Waals surface area (Å²) in [6.45, 7) is 1.92. The van der Waals surface area contributed by atoms with Crippen molar-refractivity contribution in [2.75, 3.05) is 12.4 Å². The SMILES string of the molecule is COc1ccc(C)c(NC(=O)c2cncc(Br)c2)c1. The Morgan fingerprint density at radius 2 is 2.11 bits per heavy atom. The smallest absolute Gasteiger partial charge is 0.257 e. The predicted molar refractivity (Wildman–Crippen MR) is 77.6 cm³/mol. The van der Waals surface area contributed by atoms with E-state index in [-0.39, 0.29) is 5.91 Å². The van der Waals surface area contributed by atoms with Crippen molar-refractivity contribution in [3.05, 3.63) is 52.3 Å². The summed E-state index contributed by atoms with van der Waals surface area (Å²) in [4.78, 5) is 16.1. The molecule has 5 heteroatoms. The highest BCUT2D eigenvalue weighted by molar-refractivity contribution is 9.10. The number of nitrogens with one attached hydrogen (secondary N) is 1. The van der Waals surface area contributed by atoms with Gasteiger partial charge in [0.2, 0.25) is 0 Å². The molecule has 1 aromatic heterocycles. The quantitative estimate of drug-likeness (QED) is 0.942. The third kappa shape index (κ3) is 3.32. The molecule has 1 N–H and O–H groups in total. The number of carbonyl (C=O) groups is 1. The van der Waals surface area contributed by atoms with Gasteiger partial charge in [-0.3, -0.25) is 9.78 Å². The number of hydrogen-bond acceptors (Lipinski definition) is 3. The first kappa shape index (κ1) is 13.5. The number of carbonyl (C=O) groups excluding carboxylic acids is 1. The van der Waals surface area contributed by atoms with Crippen molar-refractivity contribution in [3.63, 3.8) is 0 Å². The zero-order valence-electron chi connectivity index (χ0n) is 10.6. The van der Waals surface area contributed by atoms with Crippen LogP contribution in [0.4, 0.5) is 5.69 Å². The predicted octanol–water partition coefficient (Wildman–Crippen LogP) is 3.41. The van der Waals surface area contributed by atoms with Gasteiger partial charge in [0.1, 0.15) is 5.75 Å². The summed E-state index contributed by atoms with van der Waals surface area (Å²) in [5, 5.41) is 2.85. The summed E-state index contributed by atoms with van der Waals surface area (Å²) < 4.78 is 5.91. The molecule has 1 aromatic carbocycles. The molecule has 0 fully saturated rings. The van der Waals surface area contributed by atoms with E-state index >= 15 is 0 Å². The maximum Gasteiger partial charge on any atom is 0.257 e. The van der Waals surface area contributed by atoms with Gasteiger partial charge in [-0.05, 0) is 40.5 Å². The number of anilines is 1. The number of aryl methyl sites for hydroxylation is 1. The fourth-order valence-corrected chi connectivity index (χ4v) is 1.96. The highest BCUT2D eigenvalue weighted by Crippen LogP contribution is 2.22. The van der Waals surface area contributed by atoms with Crippen LogP contribution in [0.2, 0.25) is 0 Å². The second kappa shape index (κ2) is 5.84. The van der Waals surface area contributed by atoms with Gasteiger partial charge < -0.3 is 10.1 Å². The number of nitrogens with zero attached hydrogens (tertiary/aromatic N) is 1. The summed E-state index contributed by atoms with van der Waals surface area (Å²) in [6.07, 6.45) is 3.16. The van der Waals surface area contributed by atoms with Gasteiger partial charge in [0, 0.05) is 28.6 Å². The van der Waals surface area contributed by atoms with Gasteiger partial charge in [-0.1, -0.05) is 6.07 Å². The number of aromatic nitrogens is 1. The van der Waals surface area contributed by atoms with Gasteiger partial charge in [0.15, 0.2) is 0 Å². The summed E-state index contributed by atoms with van der Waals surface area (Å²) in [5.74, 6) is 0.499. The van der Waals surface area contributed by atoms with Crippen molar-refractivity contribution < 1.29 is 9.53 Å². The lowest BCUT2D eigenvalue weighted by Crippen LogP contribution is -2.13. The molecule has 19 heavy (non-hydrogen) atoms. The minimum atomic E-state index is -0.204. The third-order valence-corrected chi connectivity index (χ3v) is 3.09. The molecule has 1 amide bonds. The van der Waals surface area contributed by atoms with E-state index in [4.69, 9.17) is 4.74 Å². The van der Waals surface area contributed by atoms with Crippen molar-refractivity contribution in [1.82, 2.24) is 4.98 Å². The Morgan fingerprint density at radius 3 is 2.79 bits per heavy atom. The molecule has 2 rings (SSSR count). The second-order valence-corrected chi connectivity index (χ2v) is 4.94. The number of hydrogen-bond donors (Lipinski definition) is 1. The van der Waals surface area contributed by atoms with E-state index in [1.807, 2.05) is 19.1 Å². The lowest BCUT2D eigenvalue weighted by atomic mass is 10.1. The number of benzene rings is 1. The first-order valence-corrected chi connectivity index (χ1v) is 6.46. The van der Waals surface area contributed by atoms with E-state index in [1.165, 1.54) is 6.20 Å². The number of rotatable bonds is 3. The van der Waals surface area contributed by atoms with E-state index in [1.54, 1.807) is 25.4 Å². The normalized spacial score (nSPS) is 10.1. The Morgan fingerprint density at radius 1 is 1.32 bits per heavy atom. The van der Waals surface area contributed by atoms with Gasteiger partial charge >= 0.3 is 0 Å². The average Bonchev–Trinajstić information content (AvgIpc) is 2.41. The maximum atomic E-state index is 12.1. The molecule has 1 heterocycles. The first-order valence-electron chi connectivity index (χ1n) is 5.66. The lowest BCUT2D eigenvalue weighted by molar-refractivity contribution is 0.102. The van der Waals surface area contributed by atoms with Crippen LogP contribution in [-0.2, 0) is 0 Å². The lowest BCUT2D eigenvalue weighted by Gasteiger charge is -2.10. The van der Waals surface area contributed by atoms with Crippen molar-refractivity contribution in [2.45, 2.75) is 6.92 Å². The first-order chi connectivity index (χ1) is 9.10.